The van der Waals surface area contributed by atoms with Crippen LogP contribution in [0.25, 0.3) is 11.3 Å². The van der Waals surface area contributed by atoms with Crippen LogP contribution in [0.1, 0.15) is 16.7 Å². The van der Waals surface area contributed by atoms with Gasteiger partial charge >= 0.3 is 0 Å². The van der Waals surface area contributed by atoms with E-state index in [9.17, 15) is 0 Å². The summed E-state index contributed by atoms with van der Waals surface area (Å²) in [5, 5.41) is 2.07. The molecular formula is C13H14BrNOS. The second-order valence-corrected chi connectivity index (χ2v) is 6.14. The molecule has 2 aromatic rings. The monoisotopic (exact) mass is 311 g/mol. The van der Waals surface area contributed by atoms with Crippen LogP contribution in [0, 0.1) is 20.8 Å². The number of aryl methyl sites for hydroxylation is 1. The first-order valence-electron chi connectivity index (χ1n) is 5.30. The van der Waals surface area contributed by atoms with Gasteiger partial charge in [-0.1, -0.05) is 0 Å². The number of hydrogen-bond acceptors (Lipinski definition) is 3. The van der Waals surface area contributed by atoms with Crippen LogP contribution in [0.4, 0.5) is 0 Å². The van der Waals surface area contributed by atoms with E-state index in [1.807, 2.05) is 0 Å². The predicted octanol–water partition coefficient (Wildman–Crippen LogP) is 4.51. The van der Waals surface area contributed by atoms with E-state index in [0.29, 0.717) is 0 Å². The Morgan fingerprint density at radius 1 is 1.24 bits per heavy atom. The van der Waals surface area contributed by atoms with Gasteiger partial charge < -0.3 is 4.74 Å². The number of aromatic nitrogens is 1. The van der Waals surface area contributed by atoms with Gasteiger partial charge in [-0.25, -0.2) is 4.98 Å². The molecule has 1 heterocycles. The average molecular weight is 312 g/mol. The van der Waals surface area contributed by atoms with E-state index >= 15 is 0 Å². The van der Waals surface area contributed by atoms with Crippen LogP contribution >= 0.6 is 27.3 Å². The molecule has 0 saturated heterocycles. The SMILES string of the molecule is COc1c(C)cc(-c2csc(Br)n2)c(C)c1C. The zero-order chi connectivity index (χ0) is 12.6. The zero-order valence-electron chi connectivity index (χ0n) is 10.3. The largest absolute Gasteiger partial charge is 0.496 e. The van der Waals surface area contributed by atoms with Crippen molar-refractivity contribution in [2.75, 3.05) is 7.11 Å². The molecule has 0 aliphatic rings. The van der Waals surface area contributed by atoms with Gasteiger partial charge in [0.2, 0.25) is 0 Å². The number of ether oxygens (including phenoxy) is 1. The highest BCUT2D eigenvalue weighted by Crippen LogP contribution is 2.35. The predicted molar refractivity (Wildman–Crippen MR) is 76.0 cm³/mol. The molecule has 0 saturated carbocycles. The van der Waals surface area contributed by atoms with Gasteiger partial charge in [0.05, 0.1) is 12.8 Å². The molecule has 0 atom stereocenters. The van der Waals surface area contributed by atoms with Crippen molar-refractivity contribution in [3.8, 4) is 17.0 Å². The zero-order valence-corrected chi connectivity index (χ0v) is 12.7. The lowest BCUT2D eigenvalue weighted by molar-refractivity contribution is 0.408. The quantitative estimate of drug-likeness (QED) is 0.814. The Balaban J connectivity index is 2.64. The third kappa shape index (κ3) is 2.24. The van der Waals surface area contributed by atoms with E-state index in [1.165, 1.54) is 16.7 Å². The van der Waals surface area contributed by atoms with Crippen molar-refractivity contribution in [3.63, 3.8) is 0 Å². The maximum Gasteiger partial charge on any atom is 0.159 e. The van der Waals surface area contributed by atoms with Crippen LogP contribution in [0.3, 0.4) is 0 Å². The van der Waals surface area contributed by atoms with Crippen LogP contribution in [-0.4, -0.2) is 12.1 Å². The van der Waals surface area contributed by atoms with Crippen LogP contribution < -0.4 is 4.74 Å². The van der Waals surface area contributed by atoms with E-state index in [0.717, 1.165) is 20.9 Å². The lowest BCUT2D eigenvalue weighted by atomic mass is 9.97. The van der Waals surface area contributed by atoms with Gasteiger partial charge in [-0.2, -0.15) is 0 Å². The highest BCUT2D eigenvalue weighted by Gasteiger charge is 2.13. The molecule has 0 fully saturated rings. The third-order valence-corrected chi connectivity index (χ3v) is 4.35. The second-order valence-electron chi connectivity index (χ2n) is 4.01. The summed E-state index contributed by atoms with van der Waals surface area (Å²) in [6.45, 7) is 6.27. The molecule has 1 aromatic heterocycles. The molecule has 0 aliphatic carbocycles. The summed E-state index contributed by atoms with van der Waals surface area (Å²) >= 11 is 5.01. The fourth-order valence-electron chi connectivity index (χ4n) is 2.01. The van der Waals surface area contributed by atoms with Gasteiger partial charge in [0.15, 0.2) is 3.92 Å². The topological polar surface area (TPSA) is 22.1 Å². The Morgan fingerprint density at radius 2 is 1.94 bits per heavy atom. The first-order valence-corrected chi connectivity index (χ1v) is 6.98. The summed E-state index contributed by atoms with van der Waals surface area (Å²) in [6, 6.07) is 2.14. The Hall–Kier alpha value is -0.870. The molecule has 2 rings (SSSR count). The van der Waals surface area contributed by atoms with Gasteiger partial charge in [-0.3, -0.25) is 0 Å². The molecular weight excluding hydrogens is 298 g/mol. The van der Waals surface area contributed by atoms with E-state index in [1.54, 1.807) is 18.4 Å². The standard InChI is InChI=1S/C13H14BrNOS/c1-7-5-10(11-6-17-13(14)15-11)8(2)9(3)12(7)16-4/h5-6H,1-4H3. The molecule has 0 aliphatic heterocycles. The Kier molecular flexibility index (Phi) is 3.54. The molecule has 0 N–H and O–H groups in total. The number of benzene rings is 1. The van der Waals surface area contributed by atoms with Gasteiger partial charge in [-0.15, -0.1) is 11.3 Å². The molecule has 4 heteroatoms. The van der Waals surface area contributed by atoms with Crippen molar-refractivity contribution in [3.05, 3.63) is 32.1 Å². The van der Waals surface area contributed by atoms with Gasteiger partial charge in [0.25, 0.3) is 0 Å². The smallest absolute Gasteiger partial charge is 0.159 e. The summed E-state index contributed by atoms with van der Waals surface area (Å²) in [6.07, 6.45) is 0. The van der Waals surface area contributed by atoms with E-state index in [2.05, 4.69) is 53.1 Å². The second kappa shape index (κ2) is 4.78. The molecule has 90 valence electrons. The first-order chi connectivity index (χ1) is 8.04. The summed E-state index contributed by atoms with van der Waals surface area (Å²) in [4.78, 5) is 4.47. The van der Waals surface area contributed by atoms with Crippen molar-refractivity contribution in [2.45, 2.75) is 20.8 Å². The van der Waals surface area contributed by atoms with Crippen LogP contribution in [0.5, 0.6) is 5.75 Å². The summed E-state index contributed by atoms with van der Waals surface area (Å²) in [7, 11) is 1.72. The molecule has 0 radical (unpaired) electrons. The first kappa shape index (κ1) is 12.6. The number of methoxy groups -OCH3 is 1. The number of hydrogen-bond donors (Lipinski definition) is 0. The minimum absolute atomic E-state index is 0.915. The van der Waals surface area contributed by atoms with Gasteiger partial charge in [0.1, 0.15) is 5.75 Å². The van der Waals surface area contributed by atoms with Crippen LogP contribution in [0.15, 0.2) is 15.4 Å². The average Bonchev–Trinajstić information content (AvgIpc) is 2.71. The van der Waals surface area contributed by atoms with Crippen molar-refractivity contribution in [2.24, 2.45) is 0 Å². The number of thiazole rings is 1. The van der Waals surface area contributed by atoms with Crippen molar-refractivity contribution >= 4 is 27.3 Å². The number of rotatable bonds is 2. The number of nitrogens with zero attached hydrogens (tertiary/aromatic N) is 1. The molecule has 0 bridgehead atoms. The molecule has 2 nitrogen and oxygen atoms in total. The molecule has 0 unspecified atom stereocenters. The molecule has 0 amide bonds. The van der Waals surface area contributed by atoms with Crippen molar-refractivity contribution in [1.29, 1.82) is 0 Å². The third-order valence-electron chi connectivity index (χ3n) is 2.98. The summed E-state index contributed by atoms with van der Waals surface area (Å²) in [5.74, 6) is 0.973. The van der Waals surface area contributed by atoms with Crippen molar-refractivity contribution < 1.29 is 4.74 Å². The van der Waals surface area contributed by atoms with E-state index in [-0.39, 0.29) is 0 Å². The van der Waals surface area contributed by atoms with Gasteiger partial charge in [-0.05, 0) is 59.5 Å². The van der Waals surface area contributed by atoms with E-state index < -0.39 is 0 Å². The normalized spacial score (nSPS) is 10.6. The summed E-state index contributed by atoms with van der Waals surface area (Å²) < 4.78 is 6.34. The minimum Gasteiger partial charge on any atom is -0.496 e. The fraction of sp³-hybridized carbons (Fsp3) is 0.308. The van der Waals surface area contributed by atoms with Crippen molar-refractivity contribution in [1.82, 2.24) is 4.98 Å². The minimum atomic E-state index is 0.915. The molecule has 17 heavy (non-hydrogen) atoms. The molecule has 0 spiro atoms. The Morgan fingerprint density at radius 3 is 2.47 bits per heavy atom. The Bertz CT molecular complexity index is 563. The maximum absolute atomic E-state index is 5.43. The fourth-order valence-corrected chi connectivity index (χ4v) is 3.03. The maximum atomic E-state index is 5.43. The van der Waals surface area contributed by atoms with Crippen LogP contribution in [0.2, 0.25) is 0 Å². The molecule has 1 aromatic carbocycles. The highest BCUT2D eigenvalue weighted by molar-refractivity contribution is 9.11. The lowest BCUT2D eigenvalue weighted by Gasteiger charge is -2.14. The summed E-state index contributed by atoms with van der Waals surface area (Å²) in [5.41, 5.74) is 5.77. The van der Waals surface area contributed by atoms with Crippen LogP contribution in [-0.2, 0) is 0 Å². The van der Waals surface area contributed by atoms with Gasteiger partial charge in [0, 0.05) is 10.9 Å². The van der Waals surface area contributed by atoms with E-state index in [4.69, 9.17) is 4.74 Å². The number of halogens is 1. The lowest BCUT2D eigenvalue weighted by Crippen LogP contribution is -1.96. The Labute approximate surface area is 114 Å². The highest BCUT2D eigenvalue weighted by atomic mass is 79.9.